The molecule has 1 aliphatic heterocycles. The number of rotatable bonds is 1. The SMILES string of the molecule is CC(=O)O[C@@H]1C=C2C(=O)OC[C@@]2(O)[C@@]2(C)CCCC(C)(C)[C@H]12. The molecule has 1 heterocycles. The number of fused-ring (bicyclic) bond motifs is 3. The fraction of sp³-hybridized carbons (Fsp3) is 0.765. The molecule has 5 nitrogen and oxygen atoms in total. The number of aliphatic hydroxyl groups is 1. The summed E-state index contributed by atoms with van der Waals surface area (Å²) in [5, 5.41) is 11.3. The first-order chi connectivity index (χ1) is 10.1. The molecule has 122 valence electrons. The van der Waals surface area contributed by atoms with Crippen LogP contribution in [0.4, 0.5) is 0 Å². The fourth-order valence-electron chi connectivity index (χ4n) is 5.08. The maximum absolute atomic E-state index is 12.0. The van der Waals surface area contributed by atoms with Crippen LogP contribution in [0.25, 0.3) is 0 Å². The van der Waals surface area contributed by atoms with Crippen LogP contribution in [0.3, 0.4) is 0 Å². The number of carbonyl (C=O) groups is 2. The first-order valence-corrected chi connectivity index (χ1v) is 7.91. The maximum atomic E-state index is 12.0. The van der Waals surface area contributed by atoms with Gasteiger partial charge in [-0.25, -0.2) is 4.79 Å². The molecule has 5 heteroatoms. The Labute approximate surface area is 130 Å². The Bertz CT molecular complexity index is 563. The normalized spacial score (nSPS) is 42.8. The summed E-state index contributed by atoms with van der Waals surface area (Å²) in [4.78, 5) is 23.6. The average molecular weight is 308 g/mol. The van der Waals surface area contributed by atoms with E-state index < -0.39 is 23.1 Å². The van der Waals surface area contributed by atoms with Gasteiger partial charge in [0.05, 0.1) is 5.57 Å². The van der Waals surface area contributed by atoms with E-state index in [1.54, 1.807) is 6.08 Å². The van der Waals surface area contributed by atoms with Crippen LogP contribution in [0.1, 0.15) is 47.0 Å². The monoisotopic (exact) mass is 308 g/mol. The number of cyclic esters (lactones) is 1. The van der Waals surface area contributed by atoms with Crippen molar-refractivity contribution < 1.29 is 24.2 Å². The van der Waals surface area contributed by atoms with Crippen molar-refractivity contribution in [2.75, 3.05) is 6.61 Å². The number of hydrogen-bond acceptors (Lipinski definition) is 5. The van der Waals surface area contributed by atoms with Crippen LogP contribution < -0.4 is 0 Å². The summed E-state index contributed by atoms with van der Waals surface area (Å²) in [6, 6.07) is 0. The topological polar surface area (TPSA) is 72.8 Å². The summed E-state index contributed by atoms with van der Waals surface area (Å²) < 4.78 is 10.7. The fourth-order valence-corrected chi connectivity index (χ4v) is 5.08. The van der Waals surface area contributed by atoms with Gasteiger partial charge >= 0.3 is 11.9 Å². The van der Waals surface area contributed by atoms with Crippen molar-refractivity contribution in [2.24, 2.45) is 16.7 Å². The third kappa shape index (κ3) is 1.87. The Morgan fingerprint density at radius 3 is 2.68 bits per heavy atom. The highest BCUT2D eigenvalue weighted by Crippen LogP contribution is 2.62. The minimum Gasteiger partial charge on any atom is -0.459 e. The quantitative estimate of drug-likeness (QED) is 0.750. The van der Waals surface area contributed by atoms with Gasteiger partial charge in [-0.1, -0.05) is 27.2 Å². The lowest BCUT2D eigenvalue weighted by Crippen LogP contribution is -2.63. The summed E-state index contributed by atoms with van der Waals surface area (Å²) in [6.45, 7) is 7.66. The first-order valence-electron chi connectivity index (χ1n) is 7.91. The highest BCUT2D eigenvalue weighted by atomic mass is 16.6. The molecule has 2 aliphatic carbocycles. The molecular weight excluding hydrogens is 284 g/mol. The van der Waals surface area contributed by atoms with Gasteiger partial charge in [0.2, 0.25) is 0 Å². The molecule has 0 unspecified atom stereocenters. The molecule has 0 radical (unpaired) electrons. The van der Waals surface area contributed by atoms with Gasteiger partial charge in [-0.15, -0.1) is 0 Å². The van der Waals surface area contributed by atoms with E-state index in [0.29, 0.717) is 0 Å². The summed E-state index contributed by atoms with van der Waals surface area (Å²) in [7, 11) is 0. The van der Waals surface area contributed by atoms with Crippen LogP contribution in [0, 0.1) is 16.7 Å². The van der Waals surface area contributed by atoms with Gasteiger partial charge in [0.1, 0.15) is 18.3 Å². The highest BCUT2D eigenvalue weighted by molar-refractivity contribution is 5.94. The molecule has 0 bridgehead atoms. The predicted octanol–water partition coefficient (Wildman–Crippen LogP) is 1.98. The Kier molecular flexibility index (Phi) is 3.23. The van der Waals surface area contributed by atoms with Crippen molar-refractivity contribution >= 4 is 11.9 Å². The summed E-state index contributed by atoms with van der Waals surface area (Å²) in [6.07, 6.45) is 3.87. The lowest BCUT2D eigenvalue weighted by molar-refractivity contribution is -0.188. The van der Waals surface area contributed by atoms with Gasteiger partial charge in [-0.3, -0.25) is 4.79 Å². The van der Waals surface area contributed by atoms with Crippen molar-refractivity contribution in [3.8, 4) is 0 Å². The Balaban J connectivity index is 2.17. The van der Waals surface area contributed by atoms with Crippen LogP contribution in [0.15, 0.2) is 11.6 Å². The van der Waals surface area contributed by atoms with Gasteiger partial charge in [0.25, 0.3) is 0 Å². The zero-order valence-corrected chi connectivity index (χ0v) is 13.6. The third-order valence-electron chi connectivity index (χ3n) is 6.03. The van der Waals surface area contributed by atoms with Gasteiger partial charge in [0, 0.05) is 18.3 Å². The average Bonchev–Trinajstić information content (AvgIpc) is 2.66. The second-order valence-electron chi connectivity index (χ2n) is 7.83. The lowest BCUT2D eigenvalue weighted by atomic mass is 9.46. The Morgan fingerprint density at radius 2 is 2.05 bits per heavy atom. The van der Waals surface area contributed by atoms with Crippen LogP contribution in [0.2, 0.25) is 0 Å². The van der Waals surface area contributed by atoms with Crippen LogP contribution in [0.5, 0.6) is 0 Å². The molecule has 1 saturated carbocycles. The molecular formula is C17H24O5. The van der Waals surface area contributed by atoms with Crippen LogP contribution in [-0.2, 0) is 19.1 Å². The van der Waals surface area contributed by atoms with Crippen molar-refractivity contribution in [2.45, 2.75) is 58.7 Å². The molecule has 4 atom stereocenters. The zero-order valence-electron chi connectivity index (χ0n) is 13.6. The molecule has 1 N–H and O–H groups in total. The number of ether oxygens (including phenoxy) is 2. The lowest BCUT2D eigenvalue weighted by Gasteiger charge is -2.59. The number of hydrogen-bond donors (Lipinski definition) is 1. The Hall–Kier alpha value is -1.36. The van der Waals surface area contributed by atoms with E-state index in [9.17, 15) is 14.7 Å². The van der Waals surface area contributed by atoms with E-state index >= 15 is 0 Å². The summed E-state index contributed by atoms with van der Waals surface area (Å²) >= 11 is 0. The van der Waals surface area contributed by atoms with Crippen molar-refractivity contribution in [3.05, 3.63) is 11.6 Å². The van der Waals surface area contributed by atoms with Gasteiger partial charge in [-0.2, -0.15) is 0 Å². The summed E-state index contributed by atoms with van der Waals surface area (Å²) in [5.74, 6) is -0.925. The zero-order chi connectivity index (χ0) is 16.3. The van der Waals surface area contributed by atoms with E-state index in [4.69, 9.17) is 9.47 Å². The predicted molar refractivity (Wildman–Crippen MR) is 78.8 cm³/mol. The van der Waals surface area contributed by atoms with Crippen LogP contribution >= 0.6 is 0 Å². The van der Waals surface area contributed by atoms with Crippen LogP contribution in [-0.4, -0.2) is 35.4 Å². The van der Waals surface area contributed by atoms with E-state index in [2.05, 4.69) is 13.8 Å². The van der Waals surface area contributed by atoms with Crippen molar-refractivity contribution in [1.82, 2.24) is 0 Å². The molecule has 3 rings (SSSR count). The smallest absolute Gasteiger partial charge is 0.337 e. The number of carbonyl (C=O) groups excluding carboxylic acids is 2. The molecule has 0 aromatic rings. The Morgan fingerprint density at radius 1 is 1.36 bits per heavy atom. The van der Waals surface area contributed by atoms with Gasteiger partial charge in [-0.05, 0) is 24.3 Å². The first kappa shape index (κ1) is 15.5. The molecule has 3 aliphatic rings. The molecule has 0 amide bonds. The van der Waals surface area contributed by atoms with Crippen molar-refractivity contribution in [1.29, 1.82) is 0 Å². The molecule has 1 saturated heterocycles. The minimum absolute atomic E-state index is 0.00641. The molecule has 2 fully saturated rings. The standard InChI is InChI=1S/C17H24O5/c1-10(18)22-12-8-11-14(19)21-9-17(11,20)16(4)7-5-6-15(2,3)13(12)16/h8,12-13,20H,5-7,9H2,1-4H3/t12-,13+,16+,17+/m1/s1. The second-order valence-corrected chi connectivity index (χ2v) is 7.83. The van der Waals surface area contributed by atoms with E-state index in [1.165, 1.54) is 6.92 Å². The van der Waals surface area contributed by atoms with Crippen molar-refractivity contribution in [3.63, 3.8) is 0 Å². The minimum atomic E-state index is -1.29. The molecule has 22 heavy (non-hydrogen) atoms. The second kappa shape index (κ2) is 4.57. The summed E-state index contributed by atoms with van der Waals surface area (Å²) in [5.41, 5.74) is -1.68. The third-order valence-corrected chi connectivity index (χ3v) is 6.03. The molecule has 0 aromatic heterocycles. The number of esters is 2. The maximum Gasteiger partial charge on any atom is 0.337 e. The van der Waals surface area contributed by atoms with E-state index in [-0.39, 0.29) is 29.5 Å². The van der Waals surface area contributed by atoms with Gasteiger partial charge < -0.3 is 14.6 Å². The highest BCUT2D eigenvalue weighted by Gasteiger charge is 2.67. The molecule has 0 spiro atoms. The van der Waals surface area contributed by atoms with Gasteiger partial charge in [0.15, 0.2) is 0 Å². The molecule has 0 aromatic carbocycles. The van der Waals surface area contributed by atoms with E-state index in [1.807, 2.05) is 6.92 Å². The largest absolute Gasteiger partial charge is 0.459 e. The van der Waals surface area contributed by atoms with E-state index in [0.717, 1.165) is 19.3 Å².